The maximum atomic E-state index is 12.3. The fourth-order valence-electron chi connectivity index (χ4n) is 2.78. The molecule has 0 aliphatic carbocycles. The number of amides is 1. The van der Waals surface area contributed by atoms with Gasteiger partial charge < -0.3 is 19.3 Å². The highest BCUT2D eigenvalue weighted by molar-refractivity contribution is 7.99. The van der Waals surface area contributed by atoms with Crippen LogP contribution < -0.4 is 14.4 Å². The maximum Gasteiger partial charge on any atom is 0.232 e. The summed E-state index contributed by atoms with van der Waals surface area (Å²) in [5.41, 5.74) is 0. The Morgan fingerprint density at radius 2 is 1.85 bits per heavy atom. The highest BCUT2D eigenvalue weighted by Crippen LogP contribution is 2.17. The Bertz CT molecular complexity index is 707. The van der Waals surface area contributed by atoms with Crippen LogP contribution >= 0.6 is 11.8 Å². The van der Waals surface area contributed by atoms with Crippen molar-refractivity contribution in [2.45, 2.75) is 0 Å². The second kappa shape index (κ2) is 10.0. The molecule has 0 unspecified atom stereocenters. The van der Waals surface area contributed by atoms with E-state index in [0.717, 1.165) is 49.2 Å². The third-order valence-corrected chi connectivity index (χ3v) is 5.19. The molecule has 0 saturated carbocycles. The Morgan fingerprint density at radius 1 is 1.11 bits per heavy atom. The summed E-state index contributed by atoms with van der Waals surface area (Å²) >= 11 is 1.60. The van der Waals surface area contributed by atoms with Crippen LogP contribution in [0, 0.1) is 0 Å². The summed E-state index contributed by atoms with van der Waals surface area (Å²) in [7, 11) is 1.64. The average molecular weight is 388 g/mol. The Hall–Kier alpha value is -2.48. The molecule has 1 aliphatic heterocycles. The summed E-state index contributed by atoms with van der Waals surface area (Å²) in [6.07, 6.45) is 5.12. The number of rotatable bonds is 8. The van der Waals surface area contributed by atoms with E-state index in [0.29, 0.717) is 12.4 Å². The molecule has 3 rings (SSSR count). The van der Waals surface area contributed by atoms with Gasteiger partial charge in [-0.25, -0.2) is 4.98 Å². The van der Waals surface area contributed by atoms with E-state index >= 15 is 0 Å². The van der Waals surface area contributed by atoms with Gasteiger partial charge in [0.2, 0.25) is 5.91 Å². The van der Waals surface area contributed by atoms with Gasteiger partial charge >= 0.3 is 0 Å². The predicted molar refractivity (Wildman–Crippen MR) is 107 cm³/mol. The van der Waals surface area contributed by atoms with Crippen molar-refractivity contribution in [2.24, 2.45) is 0 Å². The van der Waals surface area contributed by atoms with Crippen LogP contribution in [0.4, 0.5) is 5.82 Å². The Kier molecular flexibility index (Phi) is 7.15. The minimum atomic E-state index is 0.184. The van der Waals surface area contributed by atoms with Crippen LogP contribution in [0.2, 0.25) is 0 Å². The summed E-state index contributed by atoms with van der Waals surface area (Å²) in [6, 6.07) is 7.50. The van der Waals surface area contributed by atoms with Crippen LogP contribution in [0.25, 0.3) is 0 Å². The molecule has 0 spiro atoms. The van der Waals surface area contributed by atoms with Crippen molar-refractivity contribution in [3.63, 3.8) is 0 Å². The molecule has 0 bridgehead atoms. The molecule has 27 heavy (non-hydrogen) atoms. The highest BCUT2D eigenvalue weighted by atomic mass is 32.2. The Morgan fingerprint density at radius 3 is 2.52 bits per heavy atom. The molecule has 2 aromatic rings. The zero-order valence-electron chi connectivity index (χ0n) is 15.4. The molecule has 2 heterocycles. The summed E-state index contributed by atoms with van der Waals surface area (Å²) in [5.74, 6) is 3.93. The van der Waals surface area contributed by atoms with E-state index in [2.05, 4.69) is 14.9 Å². The van der Waals surface area contributed by atoms with E-state index in [1.54, 1.807) is 37.5 Å². The minimum Gasteiger partial charge on any atom is -0.497 e. The van der Waals surface area contributed by atoms with Gasteiger partial charge in [0.15, 0.2) is 0 Å². The lowest BCUT2D eigenvalue weighted by molar-refractivity contribution is -0.128. The number of methoxy groups -OCH3 is 1. The van der Waals surface area contributed by atoms with E-state index in [9.17, 15) is 4.79 Å². The second-order valence-electron chi connectivity index (χ2n) is 6.01. The number of hydrogen-bond acceptors (Lipinski definition) is 7. The topological polar surface area (TPSA) is 67.8 Å². The van der Waals surface area contributed by atoms with Crippen LogP contribution in [0.1, 0.15) is 0 Å². The second-order valence-corrected chi connectivity index (χ2v) is 7.11. The van der Waals surface area contributed by atoms with Crippen LogP contribution in [0.15, 0.2) is 42.9 Å². The van der Waals surface area contributed by atoms with Gasteiger partial charge in [0.05, 0.1) is 25.7 Å². The monoisotopic (exact) mass is 388 g/mol. The lowest BCUT2D eigenvalue weighted by Gasteiger charge is -2.35. The molecule has 0 atom stereocenters. The normalized spacial score (nSPS) is 14.1. The van der Waals surface area contributed by atoms with E-state index < -0.39 is 0 Å². The molecule has 7 nitrogen and oxygen atoms in total. The first-order chi connectivity index (χ1) is 13.3. The highest BCUT2D eigenvalue weighted by Gasteiger charge is 2.21. The predicted octanol–water partition coefficient (Wildman–Crippen LogP) is 1.95. The lowest BCUT2D eigenvalue weighted by Crippen LogP contribution is -2.49. The fourth-order valence-corrected chi connectivity index (χ4v) is 3.48. The van der Waals surface area contributed by atoms with Gasteiger partial charge in [0.25, 0.3) is 0 Å². The van der Waals surface area contributed by atoms with Gasteiger partial charge in [-0.3, -0.25) is 9.78 Å². The summed E-state index contributed by atoms with van der Waals surface area (Å²) in [6.45, 7) is 3.59. The number of hydrogen-bond donors (Lipinski definition) is 0. The average Bonchev–Trinajstić information content (AvgIpc) is 2.74. The third-order valence-electron chi connectivity index (χ3n) is 4.29. The first-order valence-electron chi connectivity index (χ1n) is 8.89. The van der Waals surface area contributed by atoms with Gasteiger partial charge in [0, 0.05) is 44.3 Å². The quantitative estimate of drug-likeness (QED) is 0.640. The SMILES string of the molecule is COc1ccc(OCCSCC(=O)N2CCN(c3cnccn3)CC2)cc1. The first-order valence-corrected chi connectivity index (χ1v) is 10.0. The van der Waals surface area contributed by atoms with Crippen molar-refractivity contribution in [3.05, 3.63) is 42.9 Å². The van der Waals surface area contributed by atoms with Crippen molar-refractivity contribution < 1.29 is 14.3 Å². The molecular formula is C19H24N4O3S. The first kappa shape index (κ1) is 19.3. The Balaban J connectivity index is 1.30. The van der Waals surface area contributed by atoms with Crippen LogP contribution in [0.5, 0.6) is 11.5 Å². The van der Waals surface area contributed by atoms with E-state index in [-0.39, 0.29) is 5.91 Å². The maximum absolute atomic E-state index is 12.3. The number of ether oxygens (including phenoxy) is 2. The number of piperazine rings is 1. The molecule has 0 radical (unpaired) electrons. The lowest BCUT2D eigenvalue weighted by atomic mass is 10.3. The third kappa shape index (κ3) is 5.75. The summed E-state index contributed by atoms with van der Waals surface area (Å²) in [5, 5.41) is 0. The number of carbonyl (C=O) groups excluding carboxylic acids is 1. The van der Waals surface area contributed by atoms with Crippen molar-refractivity contribution in [3.8, 4) is 11.5 Å². The number of anilines is 1. The minimum absolute atomic E-state index is 0.184. The van der Waals surface area contributed by atoms with Crippen molar-refractivity contribution in [2.75, 3.05) is 56.3 Å². The number of benzene rings is 1. The summed E-state index contributed by atoms with van der Waals surface area (Å²) < 4.78 is 10.8. The zero-order valence-corrected chi connectivity index (χ0v) is 16.2. The molecule has 1 saturated heterocycles. The van der Waals surface area contributed by atoms with Gasteiger partial charge in [-0.1, -0.05) is 0 Å². The summed E-state index contributed by atoms with van der Waals surface area (Å²) in [4.78, 5) is 24.8. The van der Waals surface area contributed by atoms with E-state index in [4.69, 9.17) is 9.47 Å². The number of aromatic nitrogens is 2. The standard InChI is InChI=1S/C19H24N4O3S/c1-25-16-2-4-17(5-3-16)26-12-13-27-15-19(24)23-10-8-22(9-11-23)18-14-20-6-7-21-18/h2-7,14H,8-13,15H2,1H3. The molecule has 1 aromatic heterocycles. The number of nitrogens with zero attached hydrogens (tertiary/aromatic N) is 4. The van der Waals surface area contributed by atoms with E-state index in [1.807, 2.05) is 29.2 Å². The molecule has 1 fully saturated rings. The van der Waals surface area contributed by atoms with Gasteiger partial charge in [-0.15, -0.1) is 11.8 Å². The zero-order chi connectivity index (χ0) is 18.9. The van der Waals surface area contributed by atoms with Crippen molar-refractivity contribution in [1.82, 2.24) is 14.9 Å². The van der Waals surface area contributed by atoms with Crippen molar-refractivity contribution >= 4 is 23.5 Å². The van der Waals surface area contributed by atoms with Gasteiger partial charge in [-0.05, 0) is 24.3 Å². The molecule has 8 heteroatoms. The molecule has 1 aromatic carbocycles. The van der Waals surface area contributed by atoms with Gasteiger partial charge in [-0.2, -0.15) is 0 Å². The van der Waals surface area contributed by atoms with E-state index in [1.165, 1.54) is 0 Å². The van der Waals surface area contributed by atoms with Gasteiger partial charge in [0.1, 0.15) is 17.3 Å². The largest absolute Gasteiger partial charge is 0.497 e. The molecule has 0 N–H and O–H groups in total. The van der Waals surface area contributed by atoms with Crippen LogP contribution in [-0.4, -0.2) is 72.2 Å². The molecule has 144 valence electrons. The van der Waals surface area contributed by atoms with Crippen LogP contribution in [0.3, 0.4) is 0 Å². The van der Waals surface area contributed by atoms with Crippen molar-refractivity contribution in [1.29, 1.82) is 0 Å². The molecule has 1 amide bonds. The number of thioether (sulfide) groups is 1. The molecular weight excluding hydrogens is 364 g/mol. The molecule has 1 aliphatic rings. The number of carbonyl (C=O) groups is 1. The van der Waals surface area contributed by atoms with Crippen LogP contribution in [-0.2, 0) is 4.79 Å². The Labute approximate surface area is 163 Å². The smallest absolute Gasteiger partial charge is 0.232 e. The fraction of sp³-hybridized carbons (Fsp3) is 0.421.